The Labute approximate surface area is 137 Å². The van der Waals surface area contributed by atoms with Crippen molar-refractivity contribution in [2.45, 2.75) is 41.4 Å². The first kappa shape index (κ1) is 16.1. The molecule has 22 heavy (non-hydrogen) atoms. The second-order valence-corrected chi connectivity index (χ2v) is 13.8. The molecule has 3 heteroatoms. The van der Waals surface area contributed by atoms with Crippen LogP contribution in [0.25, 0.3) is 6.08 Å². The van der Waals surface area contributed by atoms with Crippen LogP contribution in [0.2, 0.25) is 3.12 Å². The topological polar surface area (TPSA) is 0 Å². The summed E-state index contributed by atoms with van der Waals surface area (Å²) < 4.78 is 30.0. The van der Waals surface area contributed by atoms with E-state index < -0.39 is 28.2 Å². The third-order valence-corrected chi connectivity index (χ3v) is 14.3. The number of halogens is 2. The van der Waals surface area contributed by atoms with Crippen molar-refractivity contribution in [2.75, 3.05) is 0 Å². The fourth-order valence-electron chi connectivity index (χ4n) is 3.97. The first-order valence-electron chi connectivity index (χ1n) is 7.74. The molecule has 2 aliphatic rings. The summed E-state index contributed by atoms with van der Waals surface area (Å²) in [4.78, 5) is 0. The molecule has 0 spiro atoms. The van der Waals surface area contributed by atoms with Crippen LogP contribution in [0.3, 0.4) is 0 Å². The van der Waals surface area contributed by atoms with Gasteiger partial charge in [0, 0.05) is 0 Å². The van der Waals surface area contributed by atoms with Gasteiger partial charge < -0.3 is 0 Å². The van der Waals surface area contributed by atoms with Crippen LogP contribution in [0, 0.1) is 0 Å². The molecule has 1 aromatic carbocycles. The fourth-order valence-corrected chi connectivity index (χ4v) is 11.3. The molecule has 1 atom stereocenters. The molecule has 0 aliphatic heterocycles. The Balaban J connectivity index is 2.15. The second-order valence-electron chi connectivity index (χ2n) is 6.71. The minimum atomic E-state index is -5.53. The summed E-state index contributed by atoms with van der Waals surface area (Å²) >= 11 is -5.53. The predicted molar refractivity (Wildman–Crippen MR) is 85.5 cm³/mol. The molecule has 1 aromatic rings. The van der Waals surface area contributed by atoms with E-state index in [4.69, 9.17) is 0 Å². The van der Waals surface area contributed by atoms with Gasteiger partial charge >= 0.3 is 138 Å². The van der Waals surface area contributed by atoms with Crippen molar-refractivity contribution in [1.82, 2.24) is 0 Å². The van der Waals surface area contributed by atoms with E-state index in [1.165, 1.54) is 0 Å². The molecule has 2 aliphatic carbocycles. The summed E-state index contributed by atoms with van der Waals surface area (Å²) in [5.41, 5.74) is 5.69. The number of benzene rings is 1. The quantitative estimate of drug-likeness (QED) is 0.547. The van der Waals surface area contributed by atoms with Gasteiger partial charge in [-0.1, -0.05) is 0 Å². The van der Waals surface area contributed by atoms with Gasteiger partial charge in [0.05, 0.1) is 0 Å². The standard InChI is InChI=1S/C10H15.C9H7.2FH.Zr/c1-6-7(2)9(4)10(5)8(6)3;1-2-5-9-7-3-6-8(9)4-1;;;/h1-5H3;1-7H;2*1H;/q;;;;+2/p-2. The van der Waals surface area contributed by atoms with Gasteiger partial charge in [0.1, 0.15) is 0 Å². The van der Waals surface area contributed by atoms with Crippen molar-refractivity contribution in [3.8, 4) is 0 Å². The molecule has 0 aromatic heterocycles. The molecule has 0 saturated heterocycles. The van der Waals surface area contributed by atoms with Crippen molar-refractivity contribution in [3.63, 3.8) is 0 Å². The average Bonchev–Trinajstić information content (AvgIpc) is 3.00. The van der Waals surface area contributed by atoms with Crippen LogP contribution < -0.4 is 0 Å². The van der Waals surface area contributed by atoms with E-state index in [0.29, 0.717) is 0 Å². The zero-order valence-electron chi connectivity index (χ0n) is 13.8. The van der Waals surface area contributed by atoms with Gasteiger partial charge in [0.2, 0.25) is 0 Å². The fraction of sp³-hybridized carbons (Fsp3) is 0.368. The Morgan fingerprint density at radius 3 is 2.09 bits per heavy atom. The van der Waals surface area contributed by atoms with E-state index in [2.05, 4.69) is 0 Å². The minimum absolute atomic E-state index is 0.654. The molecule has 116 valence electrons. The number of fused-ring (bicyclic) bond motifs is 1. The summed E-state index contributed by atoms with van der Waals surface area (Å²) in [7, 11) is 0. The summed E-state index contributed by atoms with van der Waals surface area (Å²) in [5, 5.41) is 0. The first-order valence-corrected chi connectivity index (χ1v) is 12.2. The van der Waals surface area contributed by atoms with Gasteiger partial charge in [-0.25, -0.2) is 0 Å². The van der Waals surface area contributed by atoms with Crippen molar-refractivity contribution in [2.24, 2.45) is 0 Å². The first-order chi connectivity index (χ1) is 10.2. The summed E-state index contributed by atoms with van der Waals surface area (Å²) in [5.74, 6) is 0. The Morgan fingerprint density at radius 2 is 1.50 bits per heavy atom. The second kappa shape index (κ2) is 5.09. The van der Waals surface area contributed by atoms with Crippen molar-refractivity contribution >= 4 is 6.08 Å². The third kappa shape index (κ3) is 1.87. The Bertz CT molecular complexity index is 714. The molecule has 0 nitrogen and oxygen atoms in total. The van der Waals surface area contributed by atoms with Crippen molar-refractivity contribution in [3.05, 3.63) is 63.8 Å². The molecule has 1 unspecified atom stereocenters. The van der Waals surface area contributed by atoms with Crippen molar-refractivity contribution < 1.29 is 26.7 Å². The molecular formula is C19H22F2Zr. The number of hydrogen-bond acceptors (Lipinski definition) is 0. The van der Waals surface area contributed by atoms with Crippen LogP contribution in [0.15, 0.2) is 52.6 Å². The van der Waals surface area contributed by atoms with Gasteiger partial charge in [0.15, 0.2) is 0 Å². The summed E-state index contributed by atoms with van der Waals surface area (Å²) in [6.07, 6.45) is 3.64. The van der Waals surface area contributed by atoms with E-state index in [-0.39, 0.29) is 0 Å². The maximum atomic E-state index is 15.8. The number of allylic oxidation sites excluding steroid dienone is 5. The van der Waals surface area contributed by atoms with E-state index in [9.17, 15) is 0 Å². The van der Waals surface area contributed by atoms with Crippen LogP contribution >= 0.6 is 0 Å². The third-order valence-electron chi connectivity index (χ3n) is 6.04. The van der Waals surface area contributed by atoms with Gasteiger partial charge in [-0.15, -0.1) is 0 Å². The molecule has 0 N–H and O–H groups in total. The van der Waals surface area contributed by atoms with Gasteiger partial charge in [-0.3, -0.25) is 0 Å². The van der Waals surface area contributed by atoms with E-state index in [0.717, 1.165) is 33.4 Å². The van der Waals surface area contributed by atoms with Gasteiger partial charge in [0.25, 0.3) is 0 Å². The van der Waals surface area contributed by atoms with Crippen LogP contribution in [0.5, 0.6) is 0 Å². The maximum absolute atomic E-state index is 15.8. The monoisotopic (exact) mass is 378 g/mol. The molecular weight excluding hydrogens is 357 g/mol. The Hall–Kier alpha value is -0.817. The van der Waals surface area contributed by atoms with Crippen LogP contribution in [-0.4, -0.2) is 0 Å². The zero-order valence-corrected chi connectivity index (χ0v) is 16.3. The van der Waals surface area contributed by atoms with Crippen LogP contribution in [0.1, 0.15) is 49.4 Å². The normalized spacial score (nSPS) is 23.5. The molecule has 0 saturated carbocycles. The molecule has 0 bridgehead atoms. The average molecular weight is 380 g/mol. The molecule has 0 heterocycles. The Morgan fingerprint density at radius 1 is 0.955 bits per heavy atom. The molecule has 0 fully saturated rings. The molecule has 0 radical (unpaired) electrons. The Kier molecular flexibility index (Phi) is 3.72. The van der Waals surface area contributed by atoms with E-state index in [1.807, 2.05) is 58.0 Å². The van der Waals surface area contributed by atoms with E-state index in [1.54, 1.807) is 13.0 Å². The van der Waals surface area contributed by atoms with Crippen LogP contribution in [0.4, 0.5) is 5.25 Å². The molecule has 3 rings (SSSR count). The van der Waals surface area contributed by atoms with Gasteiger partial charge in [-0.05, 0) is 0 Å². The van der Waals surface area contributed by atoms with E-state index >= 15 is 5.25 Å². The number of hydrogen-bond donors (Lipinski definition) is 0. The van der Waals surface area contributed by atoms with Crippen LogP contribution in [-0.2, 0) is 21.5 Å². The van der Waals surface area contributed by atoms with Gasteiger partial charge in [-0.2, -0.15) is 0 Å². The molecule has 0 amide bonds. The van der Waals surface area contributed by atoms with Crippen molar-refractivity contribution in [1.29, 1.82) is 0 Å². The summed E-state index contributed by atoms with van der Waals surface area (Å²) in [6, 6.07) is 7.61. The number of rotatable bonds is 2. The SMILES string of the molecule is CC1=C(C)[C](C)([Zr]([F])([F])[CH]2C=Cc3ccccc32)C(C)=C1C. The zero-order chi connectivity index (χ0) is 16.3. The summed E-state index contributed by atoms with van der Waals surface area (Å²) in [6.45, 7) is 9.58. The predicted octanol–water partition coefficient (Wildman–Crippen LogP) is 6.54.